The molecule has 1 atom stereocenters. The number of aryl methyl sites for hydroxylation is 1. The first-order valence-electron chi connectivity index (χ1n) is 5.95. The standard InChI is InChI=1S/C11H20N4O/c1-8(11-14-12-7-15(11)2)13-9-3-5-10(16)6-4-9/h7-10,13,16H,3-6H2,1-2H3. The molecule has 0 bridgehead atoms. The molecule has 1 aromatic rings. The highest BCUT2D eigenvalue weighted by atomic mass is 16.3. The van der Waals surface area contributed by atoms with Crippen molar-refractivity contribution in [3.63, 3.8) is 0 Å². The van der Waals surface area contributed by atoms with E-state index >= 15 is 0 Å². The second-order valence-corrected chi connectivity index (χ2v) is 4.69. The van der Waals surface area contributed by atoms with E-state index in [1.807, 2.05) is 11.6 Å². The van der Waals surface area contributed by atoms with Crippen molar-refractivity contribution in [2.75, 3.05) is 0 Å². The lowest BCUT2D eigenvalue weighted by atomic mass is 9.92. The van der Waals surface area contributed by atoms with Gasteiger partial charge in [-0.2, -0.15) is 0 Å². The molecule has 5 heteroatoms. The Hall–Kier alpha value is -0.940. The van der Waals surface area contributed by atoms with Crippen LogP contribution >= 0.6 is 0 Å². The predicted molar refractivity (Wildman–Crippen MR) is 60.8 cm³/mol. The Balaban J connectivity index is 1.88. The summed E-state index contributed by atoms with van der Waals surface area (Å²) >= 11 is 0. The molecule has 1 aliphatic rings. The van der Waals surface area contributed by atoms with Crippen LogP contribution in [0.15, 0.2) is 6.33 Å². The van der Waals surface area contributed by atoms with Crippen molar-refractivity contribution in [3.8, 4) is 0 Å². The first kappa shape index (κ1) is 11.5. The first-order valence-corrected chi connectivity index (χ1v) is 5.95. The number of hydrogen-bond donors (Lipinski definition) is 2. The van der Waals surface area contributed by atoms with E-state index in [2.05, 4.69) is 22.4 Å². The van der Waals surface area contributed by atoms with Gasteiger partial charge in [0, 0.05) is 13.1 Å². The van der Waals surface area contributed by atoms with Crippen LogP contribution in [0, 0.1) is 0 Å². The lowest BCUT2D eigenvalue weighted by Crippen LogP contribution is -2.36. The molecule has 0 saturated heterocycles. The Morgan fingerprint density at radius 1 is 1.44 bits per heavy atom. The minimum absolute atomic E-state index is 0.0943. The van der Waals surface area contributed by atoms with Crippen molar-refractivity contribution in [2.45, 2.75) is 50.8 Å². The lowest BCUT2D eigenvalue weighted by Gasteiger charge is -2.28. The minimum Gasteiger partial charge on any atom is -0.393 e. The normalized spacial score (nSPS) is 27.9. The molecule has 1 fully saturated rings. The van der Waals surface area contributed by atoms with Gasteiger partial charge in [0.05, 0.1) is 12.1 Å². The third kappa shape index (κ3) is 2.59. The summed E-state index contributed by atoms with van der Waals surface area (Å²) in [6, 6.07) is 0.711. The summed E-state index contributed by atoms with van der Waals surface area (Å²) in [6.07, 6.45) is 5.53. The SMILES string of the molecule is CC(NC1CCC(O)CC1)c1nncn1C. The predicted octanol–water partition coefficient (Wildman–Crippen LogP) is 0.769. The summed E-state index contributed by atoms with van der Waals surface area (Å²) in [5, 5.41) is 21.0. The smallest absolute Gasteiger partial charge is 0.149 e. The molecule has 1 heterocycles. The van der Waals surface area contributed by atoms with Gasteiger partial charge in [0.15, 0.2) is 0 Å². The molecule has 0 spiro atoms. The van der Waals surface area contributed by atoms with Crippen molar-refractivity contribution in [1.29, 1.82) is 0 Å². The molecule has 2 N–H and O–H groups in total. The molecule has 0 radical (unpaired) electrons. The van der Waals surface area contributed by atoms with E-state index in [-0.39, 0.29) is 12.1 Å². The van der Waals surface area contributed by atoms with Crippen molar-refractivity contribution >= 4 is 0 Å². The molecular formula is C11H20N4O. The molecule has 5 nitrogen and oxygen atoms in total. The van der Waals surface area contributed by atoms with Gasteiger partial charge in [-0.15, -0.1) is 10.2 Å². The highest BCUT2D eigenvalue weighted by Crippen LogP contribution is 2.21. The van der Waals surface area contributed by atoms with Gasteiger partial charge < -0.3 is 15.0 Å². The number of aliphatic hydroxyl groups is 1. The Labute approximate surface area is 95.9 Å². The van der Waals surface area contributed by atoms with Gasteiger partial charge in [-0.05, 0) is 32.6 Å². The number of aromatic nitrogens is 3. The van der Waals surface area contributed by atoms with E-state index in [1.54, 1.807) is 6.33 Å². The van der Waals surface area contributed by atoms with E-state index < -0.39 is 0 Å². The van der Waals surface area contributed by atoms with Crippen LogP contribution in [0.2, 0.25) is 0 Å². The fourth-order valence-corrected chi connectivity index (χ4v) is 2.35. The van der Waals surface area contributed by atoms with Crippen LogP contribution in [-0.2, 0) is 7.05 Å². The van der Waals surface area contributed by atoms with Crippen molar-refractivity contribution in [1.82, 2.24) is 20.1 Å². The molecule has 1 saturated carbocycles. The summed E-state index contributed by atoms with van der Waals surface area (Å²) < 4.78 is 1.94. The van der Waals surface area contributed by atoms with E-state index in [1.165, 1.54) is 0 Å². The summed E-state index contributed by atoms with van der Waals surface area (Å²) in [4.78, 5) is 0. The van der Waals surface area contributed by atoms with Crippen LogP contribution in [0.5, 0.6) is 0 Å². The first-order chi connectivity index (χ1) is 7.66. The van der Waals surface area contributed by atoms with Crippen LogP contribution in [0.4, 0.5) is 0 Å². The monoisotopic (exact) mass is 224 g/mol. The molecule has 1 aromatic heterocycles. The molecule has 90 valence electrons. The van der Waals surface area contributed by atoms with E-state index in [9.17, 15) is 5.11 Å². The Bertz CT molecular complexity index is 330. The molecule has 0 amide bonds. The van der Waals surface area contributed by atoms with Gasteiger partial charge in [-0.25, -0.2) is 0 Å². The van der Waals surface area contributed by atoms with Crippen LogP contribution < -0.4 is 5.32 Å². The molecule has 1 aliphatic carbocycles. The number of nitrogens with zero attached hydrogens (tertiary/aromatic N) is 3. The summed E-state index contributed by atoms with van der Waals surface area (Å²) in [5.74, 6) is 0.964. The molecule has 1 unspecified atom stereocenters. The van der Waals surface area contributed by atoms with Crippen molar-refractivity contribution in [3.05, 3.63) is 12.2 Å². The Morgan fingerprint density at radius 3 is 2.69 bits per heavy atom. The number of rotatable bonds is 3. The van der Waals surface area contributed by atoms with E-state index in [4.69, 9.17) is 0 Å². The van der Waals surface area contributed by atoms with Crippen molar-refractivity contribution in [2.24, 2.45) is 7.05 Å². The molecule has 0 aromatic carbocycles. The van der Waals surface area contributed by atoms with Crippen molar-refractivity contribution < 1.29 is 5.11 Å². The van der Waals surface area contributed by atoms with E-state index in [0.717, 1.165) is 31.5 Å². The summed E-state index contributed by atoms with van der Waals surface area (Å²) in [7, 11) is 1.96. The molecular weight excluding hydrogens is 204 g/mol. The number of nitrogens with one attached hydrogen (secondary N) is 1. The average molecular weight is 224 g/mol. The Morgan fingerprint density at radius 2 is 2.12 bits per heavy atom. The number of hydrogen-bond acceptors (Lipinski definition) is 4. The largest absolute Gasteiger partial charge is 0.393 e. The minimum atomic E-state index is -0.0943. The van der Waals surface area contributed by atoms with Gasteiger partial charge in [0.25, 0.3) is 0 Å². The zero-order valence-electron chi connectivity index (χ0n) is 9.93. The fourth-order valence-electron chi connectivity index (χ4n) is 2.35. The maximum Gasteiger partial charge on any atom is 0.149 e. The highest BCUT2D eigenvalue weighted by Gasteiger charge is 2.22. The third-order valence-corrected chi connectivity index (χ3v) is 3.32. The highest BCUT2D eigenvalue weighted by molar-refractivity contribution is 4.93. The molecule has 2 rings (SSSR count). The van der Waals surface area contributed by atoms with E-state index in [0.29, 0.717) is 6.04 Å². The average Bonchev–Trinajstić information content (AvgIpc) is 2.68. The number of aliphatic hydroxyl groups excluding tert-OH is 1. The second-order valence-electron chi connectivity index (χ2n) is 4.69. The lowest BCUT2D eigenvalue weighted by molar-refractivity contribution is 0.114. The van der Waals surface area contributed by atoms with Crippen LogP contribution in [0.1, 0.15) is 44.5 Å². The van der Waals surface area contributed by atoms with Crippen LogP contribution in [0.25, 0.3) is 0 Å². The van der Waals surface area contributed by atoms with Gasteiger partial charge in [-0.1, -0.05) is 0 Å². The van der Waals surface area contributed by atoms with Gasteiger partial charge in [0.2, 0.25) is 0 Å². The zero-order valence-corrected chi connectivity index (χ0v) is 9.93. The topological polar surface area (TPSA) is 63.0 Å². The summed E-state index contributed by atoms with van der Waals surface area (Å²) in [5.41, 5.74) is 0. The Kier molecular flexibility index (Phi) is 3.56. The van der Waals surface area contributed by atoms with Crippen LogP contribution in [0.3, 0.4) is 0 Å². The van der Waals surface area contributed by atoms with Gasteiger partial charge in [-0.3, -0.25) is 0 Å². The zero-order chi connectivity index (χ0) is 11.5. The second kappa shape index (κ2) is 4.93. The quantitative estimate of drug-likeness (QED) is 0.796. The summed E-state index contributed by atoms with van der Waals surface area (Å²) in [6.45, 7) is 2.11. The fraction of sp³-hybridized carbons (Fsp3) is 0.818. The molecule has 16 heavy (non-hydrogen) atoms. The maximum absolute atomic E-state index is 9.43. The third-order valence-electron chi connectivity index (χ3n) is 3.32. The maximum atomic E-state index is 9.43. The van der Waals surface area contributed by atoms with Crippen LogP contribution in [-0.4, -0.2) is 32.0 Å². The molecule has 0 aliphatic heterocycles. The van der Waals surface area contributed by atoms with Gasteiger partial charge in [0.1, 0.15) is 12.2 Å². The van der Waals surface area contributed by atoms with Gasteiger partial charge >= 0.3 is 0 Å².